The largest absolute Gasteiger partial charge is 0.508 e. The fourth-order valence-corrected chi connectivity index (χ4v) is 2.00. The standard InChI is InChI=1S/C18H16N2O2/c21-16-5-9-18(10-6-16)22-17-7-3-15(4-8-17)20-13-14-2-1-11-19-12-14/h1-12,20-21H,13H2. The first-order chi connectivity index (χ1) is 10.8. The second kappa shape index (κ2) is 6.63. The summed E-state index contributed by atoms with van der Waals surface area (Å²) in [4.78, 5) is 4.09. The number of rotatable bonds is 5. The predicted octanol–water partition coefficient (Wildman–Crippen LogP) is 4.19. The fourth-order valence-electron chi connectivity index (χ4n) is 2.00. The van der Waals surface area contributed by atoms with E-state index in [2.05, 4.69) is 10.3 Å². The summed E-state index contributed by atoms with van der Waals surface area (Å²) in [7, 11) is 0. The Hall–Kier alpha value is -3.01. The van der Waals surface area contributed by atoms with E-state index in [1.807, 2.05) is 42.6 Å². The molecule has 0 radical (unpaired) electrons. The molecule has 1 aromatic heterocycles. The molecule has 3 rings (SSSR count). The average Bonchev–Trinajstić information content (AvgIpc) is 2.57. The molecule has 0 bridgehead atoms. The van der Waals surface area contributed by atoms with Crippen LogP contribution in [0.15, 0.2) is 73.1 Å². The minimum absolute atomic E-state index is 0.224. The van der Waals surface area contributed by atoms with Crippen LogP contribution < -0.4 is 10.1 Å². The van der Waals surface area contributed by atoms with Crippen molar-refractivity contribution in [3.8, 4) is 17.2 Å². The van der Waals surface area contributed by atoms with E-state index >= 15 is 0 Å². The van der Waals surface area contributed by atoms with Crippen LogP contribution in [0.3, 0.4) is 0 Å². The van der Waals surface area contributed by atoms with E-state index in [-0.39, 0.29) is 5.75 Å². The SMILES string of the molecule is Oc1ccc(Oc2ccc(NCc3cccnc3)cc2)cc1. The lowest BCUT2D eigenvalue weighted by Crippen LogP contribution is -1.99. The Bertz CT molecular complexity index is 710. The zero-order valence-corrected chi connectivity index (χ0v) is 11.9. The zero-order chi connectivity index (χ0) is 15.2. The van der Waals surface area contributed by atoms with Gasteiger partial charge < -0.3 is 15.2 Å². The number of pyridine rings is 1. The van der Waals surface area contributed by atoms with E-state index < -0.39 is 0 Å². The van der Waals surface area contributed by atoms with Crippen molar-refractivity contribution in [3.63, 3.8) is 0 Å². The van der Waals surface area contributed by atoms with Gasteiger partial charge in [-0.25, -0.2) is 0 Å². The summed E-state index contributed by atoms with van der Waals surface area (Å²) in [6, 6.07) is 18.3. The lowest BCUT2D eigenvalue weighted by atomic mass is 10.2. The van der Waals surface area contributed by atoms with Crippen LogP contribution in [-0.2, 0) is 6.54 Å². The predicted molar refractivity (Wildman–Crippen MR) is 86.2 cm³/mol. The Kier molecular flexibility index (Phi) is 4.20. The van der Waals surface area contributed by atoms with Gasteiger partial charge in [0.15, 0.2) is 0 Å². The number of ether oxygens (including phenoxy) is 1. The van der Waals surface area contributed by atoms with E-state index in [1.54, 1.807) is 30.5 Å². The summed E-state index contributed by atoms with van der Waals surface area (Å²) in [6.07, 6.45) is 3.61. The highest BCUT2D eigenvalue weighted by molar-refractivity contribution is 5.47. The summed E-state index contributed by atoms with van der Waals surface area (Å²) in [5.74, 6) is 1.66. The highest BCUT2D eigenvalue weighted by Gasteiger charge is 1.99. The monoisotopic (exact) mass is 292 g/mol. The Labute approximate surface area is 129 Å². The van der Waals surface area contributed by atoms with Crippen molar-refractivity contribution in [3.05, 3.63) is 78.6 Å². The van der Waals surface area contributed by atoms with Crippen LogP contribution in [0.25, 0.3) is 0 Å². The van der Waals surface area contributed by atoms with Crippen LogP contribution in [0.2, 0.25) is 0 Å². The number of nitrogens with one attached hydrogen (secondary N) is 1. The van der Waals surface area contributed by atoms with E-state index in [0.29, 0.717) is 5.75 Å². The number of hydrogen-bond acceptors (Lipinski definition) is 4. The summed E-state index contributed by atoms with van der Waals surface area (Å²) < 4.78 is 5.70. The quantitative estimate of drug-likeness (QED) is 0.740. The molecular formula is C18H16N2O2. The number of benzene rings is 2. The molecular weight excluding hydrogens is 276 g/mol. The second-order valence-electron chi connectivity index (χ2n) is 4.84. The van der Waals surface area contributed by atoms with Crippen molar-refractivity contribution >= 4 is 5.69 Å². The molecule has 2 N–H and O–H groups in total. The Morgan fingerprint density at radius 2 is 1.59 bits per heavy atom. The fraction of sp³-hybridized carbons (Fsp3) is 0.0556. The highest BCUT2D eigenvalue weighted by Crippen LogP contribution is 2.24. The molecule has 110 valence electrons. The molecule has 0 atom stereocenters. The van der Waals surface area contributed by atoms with Crippen LogP contribution in [-0.4, -0.2) is 10.1 Å². The van der Waals surface area contributed by atoms with Crippen molar-refractivity contribution in [2.24, 2.45) is 0 Å². The second-order valence-corrected chi connectivity index (χ2v) is 4.84. The molecule has 22 heavy (non-hydrogen) atoms. The van der Waals surface area contributed by atoms with Crippen LogP contribution in [0.1, 0.15) is 5.56 Å². The maximum atomic E-state index is 9.24. The van der Waals surface area contributed by atoms with Gasteiger partial charge in [0, 0.05) is 24.6 Å². The van der Waals surface area contributed by atoms with Crippen molar-refractivity contribution in [2.45, 2.75) is 6.54 Å². The van der Waals surface area contributed by atoms with Crippen molar-refractivity contribution < 1.29 is 9.84 Å². The lowest BCUT2D eigenvalue weighted by Gasteiger charge is -2.09. The molecule has 4 nitrogen and oxygen atoms in total. The van der Waals surface area contributed by atoms with Gasteiger partial charge in [0.25, 0.3) is 0 Å². The van der Waals surface area contributed by atoms with Gasteiger partial charge in [-0.1, -0.05) is 6.07 Å². The van der Waals surface area contributed by atoms with Gasteiger partial charge in [-0.3, -0.25) is 4.98 Å². The summed E-state index contributed by atoms with van der Waals surface area (Å²) >= 11 is 0. The number of nitrogens with zero attached hydrogens (tertiary/aromatic N) is 1. The first-order valence-electron chi connectivity index (χ1n) is 6.99. The number of aromatic hydroxyl groups is 1. The highest BCUT2D eigenvalue weighted by atomic mass is 16.5. The number of phenolic OH excluding ortho intramolecular Hbond substituents is 1. The molecule has 0 spiro atoms. The number of hydrogen-bond donors (Lipinski definition) is 2. The van der Waals surface area contributed by atoms with Crippen molar-refractivity contribution in [1.29, 1.82) is 0 Å². The number of aromatic nitrogens is 1. The Morgan fingerprint density at radius 3 is 2.23 bits per heavy atom. The third-order valence-corrected chi connectivity index (χ3v) is 3.15. The molecule has 0 aliphatic carbocycles. The molecule has 2 aromatic carbocycles. The zero-order valence-electron chi connectivity index (χ0n) is 11.9. The van der Waals surface area contributed by atoms with E-state index in [9.17, 15) is 5.11 Å². The smallest absolute Gasteiger partial charge is 0.127 e. The first kappa shape index (κ1) is 13.9. The lowest BCUT2D eigenvalue weighted by molar-refractivity contribution is 0.464. The number of phenols is 1. The molecule has 0 fully saturated rings. The summed E-state index contributed by atoms with van der Waals surface area (Å²) in [5.41, 5.74) is 2.15. The minimum Gasteiger partial charge on any atom is -0.508 e. The normalized spacial score (nSPS) is 10.2. The van der Waals surface area contributed by atoms with Crippen LogP contribution in [0.5, 0.6) is 17.2 Å². The van der Waals surface area contributed by atoms with Gasteiger partial charge in [-0.2, -0.15) is 0 Å². The molecule has 0 aliphatic rings. The molecule has 4 heteroatoms. The molecule has 3 aromatic rings. The van der Waals surface area contributed by atoms with Gasteiger partial charge >= 0.3 is 0 Å². The molecule has 0 unspecified atom stereocenters. The molecule has 1 heterocycles. The van der Waals surface area contributed by atoms with Crippen molar-refractivity contribution in [2.75, 3.05) is 5.32 Å². The number of anilines is 1. The van der Waals surface area contributed by atoms with E-state index in [4.69, 9.17) is 4.74 Å². The third-order valence-electron chi connectivity index (χ3n) is 3.15. The molecule has 0 saturated heterocycles. The van der Waals surface area contributed by atoms with Crippen molar-refractivity contribution in [1.82, 2.24) is 4.98 Å². The Morgan fingerprint density at radius 1 is 0.909 bits per heavy atom. The van der Waals surface area contributed by atoms with Crippen LogP contribution in [0.4, 0.5) is 5.69 Å². The van der Waals surface area contributed by atoms with Gasteiger partial charge in [0.05, 0.1) is 0 Å². The van der Waals surface area contributed by atoms with Gasteiger partial charge in [0.2, 0.25) is 0 Å². The van der Waals surface area contributed by atoms with Gasteiger partial charge in [-0.05, 0) is 60.2 Å². The van der Waals surface area contributed by atoms with Crippen LogP contribution >= 0.6 is 0 Å². The minimum atomic E-state index is 0.224. The van der Waals surface area contributed by atoms with Crippen LogP contribution in [0, 0.1) is 0 Å². The van der Waals surface area contributed by atoms with Gasteiger partial charge in [-0.15, -0.1) is 0 Å². The first-order valence-corrected chi connectivity index (χ1v) is 6.99. The maximum Gasteiger partial charge on any atom is 0.127 e. The molecule has 0 saturated carbocycles. The molecule has 0 aliphatic heterocycles. The van der Waals surface area contributed by atoms with E-state index in [0.717, 1.165) is 23.5 Å². The third kappa shape index (κ3) is 3.76. The molecule has 0 amide bonds. The Balaban J connectivity index is 1.59. The summed E-state index contributed by atoms with van der Waals surface area (Å²) in [6.45, 7) is 0.728. The summed E-state index contributed by atoms with van der Waals surface area (Å²) in [5, 5.41) is 12.6. The maximum absolute atomic E-state index is 9.24. The van der Waals surface area contributed by atoms with E-state index in [1.165, 1.54) is 0 Å². The average molecular weight is 292 g/mol. The van der Waals surface area contributed by atoms with Gasteiger partial charge in [0.1, 0.15) is 17.2 Å². The topological polar surface area (TPSA) is 54.4 Å².